The summed E-state index contributed by atoms with van der Waals surface area (Å²) >= 11 is 0. The van der Waals surface area contributed by atoms with Crippen molar-refractivity contribution < 1.29 is 9.47 Å². The van der Waals surface area contributed by atoms with Crippen molar-refractivity contribution in [3.63, 3.8) is 0 Å². The van der Waals surface area contributed by atoms with Gasteiger partial charge < -0.3 is 14.4 Å². The third kappa shape index (κ3) is 7.40. The fourth-order valence-corrected chi connectivity index (χ4v) is 4.77. The minimum Gasteiger partial charge on any atom is -0.488 e. The van der Waals surface area contributed by atoms with Crippen molar-refractivity contribution in [1.82, 2.24) is 14.0 Å². The molecular weight excluding hydrogens is 468 g/mol. The molecule has 1 unspecified atom stereocenters. The number of piperazine rings is 1. The van der Waals surface area contributed by atoms with E-state index in [0.717, 1.165) is 31.0 Å². The summed E-state index contributed by atoms with van der Waals surface area (Å²) in [6.45, 7) is 21.2. The number of anilines is 1. The summed E-state index contributed by atoms with van der Waals surface area (Å²) in [4.78, 5) is 30.5. The van der Waals surface area contributed by atoms with Crippen LogP contribution in [0.15, 0.2) is 39.9 Å². The Kier molecular flexibility index (Phi) is 9.16. The Hall–Kier alpha value is -2.74. The lowest BCUT2D eigenvalue weighted by atomic mass is 10.1. The minimum atomic E-state index is -0.247. The Morgan fingerprint density at radius 1 is 0.811 bits per heavy atom. The predicted octanol–water partition coefficient (Wildman–Crippen LogP) is 4.92. The molecule has 37 heavy (non-hydrogen) atoms. The first-order valence-corrected chi connectivity index (χ1v) is 13.6. The molecular formula is C29H46N4O4. The molecule has 1 atom stereocenters. The number of hydrogen-bond donors (Lipinski definition) is 0. The van der Waals surface area contributed by atoms with Gasteiger partial charge >= 0.3 is 5.69 Å². The van der Waals surface area contributed by atoms with E-state index in [1.165, 1.54) is 4.57 Å². The average molecular weight is 515 g/mol. The summed E-state index contributed by atoms with van der Waals surface area (Å²) in [5.41, 5.74) is -0.729. The zero-order valence-corrected chi connectivity index (χ0v) is 24.2. The molecule has 0 saturated carbocycles. The van der Waals surface area contributed by atoms with E-state index in [4.69, 9.17) is 9.47 Å². The van der Waals surface area contributed by atoms with E-state index in [9.17, 15) is 9.59 Å². The van der Waals surface area contributed by atoms with Crippen LogP contribution in [0.5, 0.6) is 11.5 Å². The molecule has 0 spiro atoms. The number of hydrogen-bond acceptors (Lipinski definition) is 6. The molecule has 206 valence electrons. The summed E-state index contributed by atoms with van der Waals surface area (Å²) in [5, 5.41) is 0. The normalized spacial score (nSPS) is 16.1. The molecule has 1 aliphatic rings. The van der Waals surface area contributed by atoms with Crippen LogP contribution < -0.4 is 25.6 Å². The lowest BCUT2D eigenvalue weighted by Gasteiger charge is -2.41. The zero-order chi connectivity index (χ0) is 27.5. The van der Waals surface area contributed by atoms with Gasteiger partial charge in [-0.25, -0.2) is 4.79 Å². The van der Waals surface area contributed by atoms with Gasteiger partial charge in [0.25, 0.3) is 5.56 Å². The van der Waals surface area contributed by atoms with Crippen molar-refractivity contribution in [1.29, 1.82) is 0 Å². The third-order valence-electron chi connectivity index (χ3n) is 6.42. The van der Waals surface area contributed by atoms with Crippen LogP contribution in [0.4, 0.5) is 5.82 Å². The van der Waals surface area contributed by atoms with E-state index >= 15 is 0 Å². The fraction of sp³-hybridized carbons (Fsp3) is 0.655. The van der Waals surface area contributed by atoms with Crippen LogP contribution >= 0.6 is 0 Å². The van der Waals surface area contributed by atoms with Crippen LogP contribution in [-0.4, -0.2) is 52.0 Å². The van der Waals surface area contributed by atoms with Crippen LogP contribution in [0.2, 0.25) is 0 Å². The molecule has 0 aliphatic carbocycles. The zero-order valence-electron chi connectivity index (χ0n) is 24.2. The van der Waals surface area contributed by atoms with E-state index in [2.05, 4.69) is 23.6 Å². The number of nitrogens with zero attached hydrogens (tertiary/aromatic N) is 4. The van der Waals surface area contributed by atoms with Crippen LogP contribution in [0, 0.1) is 5.92 Å². The number of rotatable bonds is 9. The Labute approximate surface area is 221 Å². The van der Waals surface area contributed by atoms with Gasteiger partial charge in [-0.15, -0.1) is 0 Å². The first kappa shape index (κ1) is 28.8. The van der Waals surface area contributed by atoms with E-state index in [-0.39, 0.29) is 35.2 Å². The van der Waals surface area contributed by atoms with Crippen molar-refractivity contribution >= 4 is 5.82 Å². The van der Waals surface area contributed by atoms with Gasteiger partial charge in [-0.2, -0.15) is 0 Å². The number of aromatic nitrogens is 2. The van der Waals surface area contributed by atoms with Gasteiger partial charge in [0.2, 0.25) is 0 Å². The smallest absolute Gasteiger partial charge is 0.333 e. The van der Waals surface area contributed by atoms with Crippen LogP contribution in [-0.2, 0) is 0 Å². The van der Waals surface area contributed by atoms with E-state index < -0.39 is 0 Å². The molecule has 0 bridgehead atoms. The van der Waals surface area contributed by atoms with Gasteiger partial charge in [-0.1, -0.05) is 13.8 Å². The van der Waals surface area contributed by atoms with E-state index in [1.807, 2.05) is 72.7 Å². The second-order valence-electron chi connectivity index (χ2n) is 12.0. The highest BCUT2D eigenvalue weighted by atomic mass is 16.5. The molecule has 2 heterocycles. The quantitative estimate of drug-likeness (QED) is 0.473. The highest BCUT2D eigenvalue weighted by Crippen LogP contribution is 2.26. The third-order valence-corrected chi connectivity index (χ3v) is 6.42. The topological polar surface area (TPSA) is 68.9 Å². The van der Waals surface area contributed by atoms with E-state index in [0.29, 0.717) is 24.8 Å². The molecule has 1 fully saturated rings. The molecule has 1 aromatic carbocycles. The SMILES string of the molecule is CC(C)CC(Oc1ccc(OC(C)(C)C)cc1)N1CCN(c2cc(=O)n(C(C)C)c(=O)n2C(C)C)CC1. The molecule has 1 aliphatic heterocycles. The van der Waals surface area contributed by atoms with Crippen molar-refractivity contribution in [2.75, 3.05) is 31.1 Å². The van der Waals surface area contributed by atoms with Gasteiger partial charge in [0.05, 0.1) is 0 Å². The second-order valence-corrected chi connectivity index (χ2v) is 12.0. The van der Waals surface area contributed by atoms with Crippen molar-refractivity contribution in [3.05, 3.63) is 51.2 Å². The molecule has 1 aromatic heterocycles. The molecule has 8 heteroatoms. The van der Waals surface area contributed by atoms with Gasteiger partial charge in [-0.05, 0) is 78.6 Å². The maximum atomic E-state index is 13.2. The molecule has 3 rings (SSSR count). The largest absolute Gasteiger partial charge is 0.488 e. The van der Waals surface area contributed by atoms with E-state index in [1.54, 1.807) is 10.6 Å². The van der Waals surface area contributed by atoms with Crippen molar-refractivity contribution in [2.45, 2.75) is 92.6 Å². The molecule has 0 amide bonds. The highest BCUT2D eigenvalue weighted by molar-refractivity contribution is 5.40. The molecule has 0 N–H and O–H groups in total. The molecule has 2 aromatic rings. The second kappa shape index (κ2) is 11.8. The van der Waals surface area contributed by atoms with Crippen LogP contribution in [0.1, 0.15) is 80.8 Å². The lowest BCUT2D eigenvalue weighted by molar-refractivity contribution is 0.00620. The Balaban J connectivity index is 1.76. The maximum absolute atomic E-state index is 13.2. The first-order chi connectivity index (χ1) is 17.3. The van der Waals surface area contributed by atoms with Crippen LogP contribution in [0.3, 0.4) is 0 Å². The lowest BCUT2D eigenvalue weighted by Crippen LogP contribution is -2.54. The number of benzene rings is 1. The Morgan fingerprint density at radius 2 is 1.35 bits per heavy atom. The Morgan fingerprint density at radius 3 is 1.84 bits per heavy atom. The first-order valence-electron chi connectivity index (χ1n) is 13.6. The molecule has 1 saturated heterocycles. The van der Waals surface area contributed by atoms with Crippen molar-refractivity contribution in [2.24, 2.45) is 5.92 Å². The summed E-state index contributed by atoms with van der Waals surface area (Å²) < 4.78 is 15.5. The molecule has 0 radical (unpaired) electrons. The fourth-order valence-electron chi connectivity index (χ4n) is 4.77. The summed E-state index contributed by atoms with van der Waals surface area (Å²) in [6, 6.07) is 9.24. The van der Waals surface area contributed by atoms with Gasteiger partial charge in [-0.3, -0.25) is 18.8 Å². The Bertz CT molecular complexity index is 1130. The minimum absolute atomic E-state index is 0.0478. The maximum Gasteiger partial charge on any atom is 0.333 e. The van der Waals surface area contributed by atoms with Gasteiger partial charge in [0, 0.05) is 50.7 Å². The number of ether oxygens (including phenoxy) is 2. The molecule has 8 nitrogen and oxygen atoms in total. The average Bonchev–Trinajstić information content (AvgIpc) is 2.78. The van der Waals surface area contributed by atoms with Crippen molar-refractivity contribution in [3.8, 4) is 11.5 Å². The van der Waals surface area contributed by atoms with Gasteiger partial charge in [0.15, 0.2) is 6.23 Å². The summed E-state index contributed by atoms with van der Waals surface area (Å²) in [5.74, 6) is 2.82. The summed E-state index contributed by atoms with van der Waals surface area (Å²) in [6.07, 6.45) is 0.847. The predicted molar refractivity (Wildman–Crippen MR) is 150 cm³/mol. The van der Waals surface area contributed by atoms with Gasteiger partial charge in [0.1, 0.15) is 22.9 Å². The standard InChI is InChI=1S/C29H46N4O4/c1-20(2)18-27(36-23-10-12-24(13-11-23)37-29(7,8)9)31-16-14-30(15-17-31)25-19-26(34)33(22(5)6)28(35)32(25)21(3)4/h10-13,19-22,27H,14-18H2,1-9H3. The monoisotopic (exact) mass is 514 g/mol. The van der Waals surface area contributed by atoms with Crippen LogP contribution in [0.25, 0.3) is 0 Å². The summed E-state index contributed by atoms with van der Waals surface area (Å²) in [7, 11) is 0. The highest BCUT2D eigenvalue weighted by Gasteiger charge is 2.28.